The van der Waals surface area contributed by atoms with Gasteiger partial charge in [0, 0.05) is 18.9 Å². The zero-order valence-corrected chi connectivity index (χ0v) is 10.1. The van der Waals surface area contributed by atoms with Crippen molar-refractivity contribution in [1.82, 2.24) is 4.57 Å². The summed E-state index contributed by atoms with van der Waals surface area (Å²) in [6.45, 7) is 0. The van der Waals surface area contributed by atoms with Crippen molar-refractivity contribution in [2.45, 2.75) is 0 Å². The highest BCUT2D eigenvalue weighted by atomic mass is 35.5. The van der Waals surface area contributed by atoms with Gasteiger partial charge in [-0.15, -0.1) is 0 Å². The molecule has 6 heteroatoms. The van der Waals surface area contributed by atoms with Crippen molar-refractivity contribution >= 4 is 23.2 Å². The third kappa shape index (κ3) is 2.36. The first-order chi connectivity index (χ1) is 8.49. The number of benzene rings is 1. The quantitative estimate of drug-likeness (QED) is 0.893. The molecule has 94 valence electrons. The summed E-state index contributed by atoms with van der Waals surface area (Å²) in [6.07, 6.45) is 1.43. The Labute approximate surface area is 107 Å². The van der Waals surface area contributed by atoms with E-state index >= 15 is 0 Å². The van der Waals surface area contributed by atoms with E-state index in [0.717, 1.165) is 6.07 Å². The van der Waals surface area contributed by atoms with Crippen LogP contribution in [0.15, 0.2) is 30.5 Å². The van der Waals surface area contributed by atoms with Gasteiger partial charge in [-0.05, 0) is 24.3 Å². The van der Waals surface area contributed by atoms with E-state index in [2.05, 4.69) is 5.32 Å². The molecule has 0 fully saturated rings. The molecule has 0 aliphatic heterocycles. The molecule has 2 rings (SSSR count). The summed E-state index contributed by atoms with van der Waals surface area (Å²) in [5.74, 6) is -1.83. The molecule has 0 aliphatic rings. The third-order valence-corrected chi connectivity index (χ3v) is 2.71. The normalized spacial score (nSPS) is 10.4. The molecule has 1 N–H and O–H groups in total. The number of anilines is 1. The van der Waals surface area contributed by atoms with Gasteiger partial charge in [-0.25, -0.2) is 8.78 Å². The lowest BCUT2D eigenvalue weighted by atomic mass is 10.3. The summed E-state index contributed by atoms with van der Waals surface area (Å²) in [5, 5.41) is 2.33. The zero-order chi connectivity index (χ0) is 13.3. The van der Waals surface area contributed by atoms with E-state index in [1.54, 1.807) is 7.05 Å². The minimum Gasteiger partial charge on any atom is -0.344 e. The van der Waals surface area contributed by atoms with E-state index in [0.29, 0.717) is 5.69 Å². The fourth-order valence-corrected chi connectivity index (χ4v) is 1.71. The van der Waals surface area contributed by atoms with Gasteiger partial charge in [0.25, 0.3) is 5.91 Å². The van der Waals surface area contributed by atoms with Gasteiger partial charge in [0.05, 0.1) is 5.02 Å². The van der Waals surface area contributed by atoms with Crippen LogP contribution in [0.2, 0.25) is 5.02 Å². The Bertz CT molecular complexity index is 591. The van der Waals surface area contributed by atoms with Crippen LogP contribution in [0, 0.1) is 11.6 Å². The van der Waals surface area contributed by atoms with E-state index in [9.17, 15) is 13.6 Å². The Morgan fingerprint density at radius 3 is 2.56 bits per heavy atom. The highest BCUT2D eigenvalue weighted by molar-refractivity contribution is 6.31. The number of aromatic nitrogens is 1. The Balaban J connectivity index is 2.24. The van der Waals surface area contributed by atoms with Gasteiger partial charge in [-0.2, -0.15) is 0 Å². The van der Waals surface area contributed by atoms with Crippen molar-refractivity contribution in [1.29, 1.82) is 0 Å². The number of carbonyl (C=O) groups is 1. The first kappa shape index (κ1) is 12.6. The molecule has 0 saturated heterocycles. The van der Waals surface area contributed by atoms with Crippen LogP contribution in [-0.2, 0) is 7.05 Å². The smallest absolute Gasteiger partial charge is 0.275 e. The van der Waals surface area contributed by atoms with Crippen molar-refractivity contribution in [2.24, 2.45) is 7.05 Å². The highest BCUT2D eigenvalue weighted by Crippen LogP contribution is 2.20. The number of nitrogens with one attached hydrogen (secondary N) is 1. The summed E-state index contributed by atoms with van der Waals surface area (Å²) in [7, 11) is 1.55. The van der Waals surface area contributed by atoms with Crippen LogP contribution >= 0.6 is 11.6 Å². The molecule has 0 aliphatic carbocycles. The van der Waals surface area contributed by atoms with Crippen molar-refractivity contribution in [3.8, 4) is 0 Å². The van der Waals surface area contributed by atoms with Crippen molar-refractivity contribution in [2.75, 3.05) is 5.32 Å². The standard InChI is InChI=1S/C12H9ClF2N2O/c1-17-5-4-10(15)11(17)12(18)16-7-2-3-9(14)8(13)6-7/h2-6H,1H3,(H,16,18). The maximum Gasteiger partial charge on any atom is 0.275 e. The number of nitrogens with zero attached hydrogens (tertiary/aromatic N) is 1. The van der Waals surface area contributed by atoms with Crippen molar-refractivity contribution in [3.63, 3.8) is 0 Å². The average Bonchev–Trinajstić information content (AvgIpc) is 2.64. The number of carbonyl (C=O) groups excluding carboxylic acids is 1. The molecular weight excluding hydrogens is 262 g/mol. The molecule has 0 saturated carbocycles. The second-order valence-electron chi connectivity index (χ2n) is 3.71. The van der Waals surface area contributed by atoms with E-state index in [-0.39, 0.29) is 10.7 Å². The molecule has 0 radical (unpaired) electrons. The molecule has 0 unspecified atom stereocenters. The summed E-state index contributed by atoms with van der Waals surface area (Å²) in [6, 6.07) is 4.92. The summed E-state index contributed by atoms with van der Waals surface area (Å²) >= 11 is 5.58. The highest BCUT2D eigenvalue weighted by Gasteiger charge is 2.16. The number of aryl methyl sites for hydroxylation is 1. The molecule has 0 atom stereocenters. The number of hydrogen-bond acceptors (Lipinski definition) is 1. The van der Waals surface area contributed by atoms with Crippen LogP contribution in [0.5, 0.6) is 0 Å². The number of hydrogen-bond donors (Lipinski definition) is 1. The molecular formula is C12H9ClF2N2O. The number of halogens is 3. The Morgan fingerprint density at radius 2 is 2.00 bits per heavy atom. The second-order valence-corrected chi connectivity index (χ2v) is 4.11. The van der Waals surface area contributed by atoms with E-state index in [4.69, 9.17) is 11.6 Å². The van der Waals surface area contributed by atoms with Gasteiger partial charge in [-0.1, -0.05) is 11.6 Å². The number of rotatable bonds is 2. The molecule has 0 spiro atoms. The Morgan fingerprint density at radius 1 is 1.28 bits per heavy atom. The van der Waals surface area contributed by atoms with Gasteiger partial charge in [0.15, 0.2) is 5.82 Å². The monoisotopic (exact) mass is 270 g/mol. The first-order valence-corrected chi connectivity index (χ1v) is 5.44. The summed E-state index contributed by atoms with van der Waals surface area (Å²) < 4.78 is 27.6. The van der Waals surface area contributed by atoms with Gasteiger partial charge in [0.1, 0.15) is 11.5 Å². The maximum atomic E-state index is 13.3. The molecule has 0 bridgehead atoms. The molecule has 1 amide bonds. The fraction of sp³-hybridized carbons (Fsp3) is 0.0833. The van der Waals surface area contributed by atoms with E-state index < -0.39 is 17.5 Å². The molecule has 1 aromatic heterocycles. The molecule has 3 nitrogen and oxygen atoms in total. The maximum absolute atomic E-state index is 13.3. The van der Waals surface area contributed by atoms with Gasteiger partial charge >= 0.3 is 0 Å². The predicted octanol–water partition coefficient (Wildman–Crippen LogP) is 3.21. The molecule has 18 heavy (non-hydrogen) atoms. The van der Waals surface area contributed by atoms with Gasteiger partial charge in [0.2, 0.25) is 0 Å². The molecule has 1 heterocycles. The molecule has 2 aromatic rings. The minimum absolute atomic E-state index is 0.101. The van der Waals surface area contributed by atoms with Crippen molar-refractivity contribution < 1.29 is 13.6 Å². The van der Waals surface area contributed by atoms with Crippen LogP contribution < -0.4 is 5.32 Å². The lowest BCUT2D eigenvalue weighted by Crippen LogP contribution is -2.16. The third-order valence-electron chi connectivity index (χ3n) is 2.42. The summed E-state index contributed by atoms with van der Waals surface area (Å²) in [4.78, 5) is 11.8. The fourth-order valence-electron chi connectivity index (χ4n) is 1.53. The van der Waals surface area contributed by atoms with E-state index in [1.807, 2.05) is 0 Å². The lowest BCUT2D eigenvalue weighted by Gasteiger charge is -2.07. The van der Waals surface area contributed by atoms with Crippen LogP contribution in [0.3, 0.4) is 0 Å². The van der Waals surface area contributed by atoms with Crippen molar-refractivity contribution in [3.05, 3.63) is 52.8 Å². The van der Waals surface area contributed by atoms with Gasteiger partial charge < -0.3 is 9.88 Å². The summed E-state index contributed by atoms with van der Waals surface area (Å²) in [5.41, 5.74) is 0.197. The van der Waals surface area contributed by atoms with Crippen LogP contribution in [0.1, 0.15) is 10.5 Å². The first-order valence-electron chi connectivity index (χ1n) is 5.06. The Kier molecular flexibility index (Phi) is 3.34. The van der Waals surface area contributed by atoms with E-state index in [1.165, 1.54) is 29.0 Å². The minimum atomic E-state index is -0.623. The van der Waals surface area contributed by atoms with Crippen LogP contribution in [0.4, 0.5) is 14.5 Å². The predicted molar refractivity (Wildman–Crippen MR) is 64.7 cm³/mol. The largest absolute Gasteiger partial charge is 0.344 e. The topological polar surface area (TPSA) is 34.0 Å². The SMILES string of the molecule is Cn1ccc(F)c1C(=O)Nc1ccc(F)c(Cl)c1. The Hall–Kier alpha value is -1.88. The van der Waals surface area contributed by atoms with Gasteiger partial charge in [-0.3, -0.25) is 4.79 Å². The second kappa shape index (κ2) is 4.78. The van der Waals surface area contributed by atoms with Crippen LogP contribution in [0.25, 0.3) is 0 Å². The van der Waals surface area contributed by atoms with Crippen LogP contribution in [-0.4, -0.2) is 10.5 Å². The molecule has 1 aromatic carbocycles. The zero-order valence-electron chi connectivity index (χ0n) is 9.38. The number of amides is 1. The lowest BCUT2D eigenvalue weighted by molar-refractivity contribution is 0.101. The average molecular weight is 271 g/mol.